The summed E-state index contributed by atoms with van der Waals surface area (Å²) in [5.41, 5.74) is 1.40. The molecule has 26 heavy (non-hydrogen) atoms. The molecule has 4 rings (SSSR count). The molecule has 1 fully saturated rings. The van der Waals surface area contributed by atoms with Crippen molar-refractivity contribution in [3.05, 3.63) is 48.4 Å². The molecule has 1 saturated heterocycles. The van der Waals surface area contributed by atoms with Crippen molar-refractivity contribution >= 4 is 34.8 Å². The minimum absolute atomic E-state index is 0. The van der Waals surface area contributed by atoms with Crippen LogP contribution in [0.25, 0.3) is 10.4 Å². The lowest BCUT2D eigenvalue weighted by atomic mass is 10.1. The lowest BCUT2D eigenvalue weighted by Gasteiger charge is -2.21. The maximum absolute atomic E-state index is 12.4. The number of carbonyl (C=O) groups excluding carboxylic acids is 1. The number of nitrogens with one attached hydrogen (secondary N) is 2. The molecule has 1 aliphatic heterocycles. The second kappa shape index (κ2) is 8.39. The highest BCUT2D eigenvalue weighted by Crippen LogP contribution is 2.28. The van der Waals surface area contributed by atoms with Gasteiger partial charge in [0.2, 0.25) is 0 Å². The van der Waals surface area contributed by atoms with Crippen molar-refractivity contribution in [1.29, 1.82) is 0 Å². The summed E-state index contributed by atoms with van der Waals surface area (Å²) in [6.07, 6.45) is 5.48. The van der Waals surface area contributed by atoms with Crippen molar-refractivity contribution in [2.45, 2.75) is 18.9 Å². The third kappa shape index (κ3) is 4.09. The maximum Gasteiger partial charge on any atom is 0.279 e. The summed E-state index contributed by atoms with van der Waals surface area (Å²) in [5, 5.41) is 14.8. The van der Waals surface area contributed by atoms with E-state index >= 15 is 0 Å². The van der Waals surface area contributed by atoms with Crippen LogP contribution < -0.4 is 10.6 Å². The van der Waals surface area contributed by atoms with Crippen LogP contribution in [0, 0.1) is 0 Å². The number of carbonyl (C=O) groups is 1. The molecule has 136 valence electrons. The zero-order valence-corrected chi connectivity index (χ0v) is 15.6. The molecule has 1 aromatic carbocycles. The van der Waals surface area contributed by atoms with Crippen LogP contribution in [0.3, 0.4) is 0 Å². The molecule has 1 aliphatic rings. The number of thiazole rings is 1. The van der Waals surface area contributed by atoms with Gasteiger partial charge in [0.1, 0.15) is 0 Å². The van der Waals surface area contributed by atoms with E-state index in [1.807, 2.05) is 30.3 Å². The third-order valence-electron chi connectivity index (χ3n) is 4.21. The van der Waals surface area contributed by atoms with Gasteiger partial charge in [0.15, 0.2) is 10.8 Å². The summed E-state index contributed by atoms with van der Waals surface area (Å²) >= 11 is 1.44. The highest BCUT2D eigenvalue weighted by atomic mass is 35.5. The van der Waals surface area contributed by atoms with Gasteiger partial charge >= 0.3 is 0 Å². The van der Waals surface area contributed by atoms with Crippen LogP contribution in [-0.4, -0.2) is 39.0 Å². The monoisotopic (exact) mass is 390 g/mol. The smallest absolute Gasteiger partial charge is 0.279 e. The third-order valence-corrected chi connectivity index (χ3v) is 5.17. The predicted molar refractivity (Wildman–Crippen MR) is 104 cm³/mol. The molecule has 3 aromatic rings. The first kappa shape index (κ1) is 18.5. The number of hydrogen-bond donors (Lipinski definition) is 2. The SMILES string of the molecule is Cl.O=C(Nc1ncc(-c2ccccc2)s1)c1cn(C2CCNCC2)nn1. The Labute approximate surface area is 161 Å². The molecule has 0 radical (unpaired) electrons. The Morgan fingerprint density at radius 3 is 2.77 bits per heavy atom. The molecule has 7 nitrogen and oxygen atoms in total. The van der Waals surface area contributed by atoms with E-state index in [2.05, 4.69) is 25.9 Å². The van der Waals surface area contributed by atoms with Gasteiger partial charge in [-0.25, -0.2) is 9.67 Å². The zero-order valence-electron chi connectivity index (χ0n) is 14.0. The lowest BCUT2D eigenvalue weighted by molar-refractivity contribution is 0.102. The van der Waals surface area contributed by atoms with Gasteiger partial charge in [0, 0.05) is 6.20 Å². The number of amides is 1. The number of aromatic nitrogens is 4. The Balaban J connectivity index is 0.00000196. The van der Waals surface area contributed by atoms with Crippen LogP contribution in [0.1, 0.15) is 29.4 Å². The topological polar surface area (TPSA) is 84.7 Å². The molecule has 0 aliphatic carbocycles. The average molecular weight is 391 g/mol. The van der Waals surface area contributed by atoms with E-state index in [1.54, 1.807) is 17.1 Å². The highest BCUT2D eigenvalue weighted by molar-refractivity contribution is 7.19. The molecule has 0 unspecified atom stereocenters. The van der Waals surface area contributed by atoms with Crippen molar-refractivity contribution < 1.29 is 4.79 Å². The van der Waals surface area contributed by atoms with Gasteiger partial charge in [0.05, 0.1) is 17.1 Å². The van der Waals surface area contributed by atoms with Crippen molar-refractivity contribution in [3.63, 3.8) is 0 Å². The molecule has 0 atom stereocenters. The van der Waals surface area contributed by atoms with Gasteiger partial charge in [-0.05, 0) is 31.5 Å². The minimum atomic E-state index is -0.283. The normalized spacial score (nSPS) is 14.6. The number of hydrogen-bond acceptors (Lipinski definition) is 6. The van der Waals surface area contributed by atoms with Gasteiger partial charge in [-0.1, -0.05) is 46.9 Å². The largest absolute Gasteiger partial charge is 0.317 e. The summed E-state index contributed by atoms with van der Waals surface area (Å²) in [6, 6.07) is 10.3. The second-order valence-electron chi connectivity index (χ2n) is 5.91. The summed E-state index contributed by atoms with van der Waals surface area (Å²) in [5.74, 6) is -0.283. The Morgan fingerprint density at radius 1 is 1.23 bits per heavy atom. The molecule has 1 amide bonds. The first-order valence-electron chi connectivity index (χ1n) is 8.25. The highest BCUT2D eigenvalue weighted by Gasteiger charge is 2.19. The lowest BCUT2D eigenvalue weighted by Crippen LogP contribution is -2.29. The van der Waals surface area contributed by atoms with Gasteiger partial charge < -0.3 is 5.32 Å². The van der Waals surface area contributed by atoms with Crippen molar-refractivity contribution in [2.75, 3.05) is 18.4 Å². The summed E-state index contributed by atoms with van der Waals surface area (Å²) in [4.78, 5) is 17.7. The second-order valence-corrected chi connectivity index (χ2v) is 6.95. The first-order valence-corrected chi connectivity index (χ1v) is 9.06. The minimum Gasteiger partial charge on any atom is -0.317 e. The average Bonchev–Trinajstić information content (AvgIpc) is 3.33. The van der Waals surface area contributed by atoms with Gasteiger partial charge in [-0.15, -0.1) is 17.5 Å². The molecule has 2 N–H and O–H groups in total. The number of benzene rings is 1. The zero-order chi connectivity index (χ0) is 17.1. The molecular formula is C17H19ClN6OS. The summed E-state index contributed by atoms with van der Waals surface area (Å²) in [6.45, 7) is 1.93. The fourth-order valence-electron chi connectivity index (χ4n) is 2.86. The van der Waals surface area contributed by atoms with Crippen LogP contribution >= 0.6 is 23.7 Å². The predicted octanol–water partition coefficient (Wildman–Crippen LogP) is 3.00. The van der Waals surface area contributed by atoms with Gasteiger partial charge in [-0.2, -0.15) is 0 Å². The van der Waals surface area contributed by atoms with Gasteiger partial charge in [0.25, 0.3) is 5.91 Å². The number of anilines is 1. The van der Waals surface area contributed by atoms with E-state index in [0.29, 0.717) is 16.9 Å². The Bertz CT molecular complexity index is 859. The van der Waals surface area contributed by atoms with Crippen molar-refractivity contribution in [3.8, 4) is 10.4 Å². The van der Waals surface area contributed by atoms with Crippen LogP contribution in [0.15, 0.2) is 42.7 Å². The van der Waals surface area contributed by atoms with E-state index < -0.39 is 0 Å². The number of rotatable bonds is 4. The first-order chi connectivity index (χ1) is 12.3. The molecular weight excluding hydrogens is 372 g/mol. The molecule has 0 bridgehead atoms. The van der Waals surface area contributed by atoms with Crippen LogP contribution in [-0.2, 0) is 0 Å². The quantitative estimate of drug-likeness (QED) is 0.715. The number of piperidine rings is 1. The Morgan fingerprint density at radius 2 is 2.00 bits per heavy atom. The molecule has 3 heterocycles. The fourth-order valence-corrected chi connectivity index (χ4v) is 3.68. The molecule has 2 aromatic heterocycles. The van der Waals surface area contributed by atoms with E-state index in [4.69, 9.17) is 0 Å². The van der Waals surface area contributed by atoms with Crippen molar-refractivity contribution in [2.24, 2.45) is 0 Å². The number of nitrogens with zero attached hydrogens (tertiary/aromatic N) is 4. The van der Waals surface area contributed by atoms with E-state index in [-0.39, 0.29) is 18.3 Å². The van der Waals surface area contributed by atoms with E-state index in [0.717, 1.165) is 36.4 Å². The standard InChI is InChI=1S/C17H18N6OS.ClH/c24-16(14-11-23(22-21-14)13-6-8-18-9-7-13)20-17-19-10-15(25-17)12-4-2-1-3-5-12;/h1-5,10-11,13,18H,6-9H2,(H,19,20,24);1H. The fraction of sp³-hybridized carbons (Fsp3) is 0.294. The Hall–Kier alpha value is -2.29. The molecule has 0 saturated carbocycles. The maximum atomic E-state index is 12.4. The van der Waals surface area contributed by atoms with E-state index in [1.165, 1.54) is 11.3 Å². The summed E-state index contributed by atoms with van der Waals surface area (Å²) in [7, 11) is 0. The van der Waals surface area contributed by atoms with Crippen LogP contribution in [0.4, 0.5) is 5.13 Å². The van der Waals surface area contributed by atoms with Crippen LogP contribution in [0.2, 0.25) is 0 Å². The van der Waals surface area contributed by atoms with Crippen molar-refractivity contribution in [1.82, 2.24) is 25.3 Å². The summed E-state index contributed by atoms with van der Waals surface area (Å²) < 4.78 is 1.80. The Kier molecular flexibility index (Phi) is 5.97. The van der Waals surface area contributed by atoms with E-state index in [9.17, 15) is 4.79 Å². The van der Waals surface area contributed by atoms with Gasteiger partial charge in [-0.3, -0.25) is 10.1 Å². The number of halogens is 1. The molecule has 0 spiro atoms. The molecule has 9 heteroatoms. The van der Waals surface area contributed by atoms with Crippen LogP contribution in [0.5, 0.6) is 0 Å².